The van der Waals surface area contributed by atoms with Gasteiger partial charge in [0, 0.05) is 18.6 Å². The van der Waals surface area contributed by atoms with E-state index < -0.39 is 0 Å². The molecule has 2 aliphatic carbocycles. The molecule has 2 N–H and O–H groups in total. The number of nitrogens with one attached hydrogen (secondary N) is 1. The van der Waals surface area contributed by atoms with Gasteiger partial charge in [0.05, 0.1) is 0 Å². The molecule has 0 spiro atoms. The molecule has 0 bridgehead atoms. The Morgan fingerprint density at radius 1 is 1.07 bits per heavy atom. The van der Waals surface area contributed by atoms with Gasteiger partial charge in [-0.3, -0.25) is 0 Å². The Kier molecular flexibility index (Phi) is 5.39. The maximum absolute atomic E-state index is 12.6. The van der Waals surface area contributed by atoms with Gasteiger partial charge in [0.1, 0.15) is 6.61 Å². The van der Waals surface area contributed by atoms with E-state index in [2.05, 4.69) is 62.5 Å². The van der Waals surface area contributed by atoms with Crippen LogP contribution in [-0.2, 0) is 4.74 Å². The van der Waals surface area contributed by atoms with Crippen LogP contribution < -0.4 is 5.32 Å². The molecule has 154 valence electrons. The lowest BCUT2D eigenvalue weighted by molar-refractivity contribution is 0.00715. The number of amides is 1. The largest absolute Gasteiger partial charge is 0.449 e. The van der Waals surface area contributed by atoms with Crippen molar-refractivity contribution in [3.8, 4) is 11.1 Å². The minimum absolute atomic E-state index is 0.0196. The Labute approximate surface area is 173 Å². The molecule has 3 unspecified atom stereocenters. The number of fused-ring (bicyclic) bond motifs is 3. The molecule has 0 aromatic heterocycles. The highest BCUT2D eigenvalue weighted by atomic mass is 16.5. The molecule has 0 radical (unpaired) electrons. The Morgan fingerprint density at radius 2 is 1.66 bits per heavy atom. The third-order valence-electron chi connectivity index (χ3n) is 7.52. The summed E-state index contributed by atoms with van der Waals surface area (Å²) in [6.07, 6.45) is 1.45. The summed E-state index contributed by atoms with van der Waals surface area (Å²) in [4.78, 5) is 12.6. The normalized spacial score (nSPS) is 25.2. The van der Waals surface area contributed by atoms with Gasteiger partial charge in [0.15, 0.2) is 0 Å². The fourth-order valence-corrected chi connectivity index (χ4v) is 5.21. The van der Waals surface area contributed by atoms with Crippen molar-refractivity contribution in [2.24, 2.45) is 17.3 Å². The highest BCUT2D eigenvalue weighted by Crippen LogP contribution is 2.46. The first-order valence-electron chi connectivity index (χ1n) is 10.7. The van der Waals surface area contributed by atoms with Gasteiger partial charge in [-0.2, -0.15) is 0 Å². The predicted molar refractivity (Wildman–Crippen MR) is 115 cm³/mol. The lowest BCUT2D eigenvalue weighted by Gasteiger charge is -2.47. The zero-order valence-corrected chi connectivity index (χ0v) is 17.5. The molecule has 1 saturated carbocycles. The van der Waals surface area contributed by atoms with Gasteiger partial charge in [-0.25, -0.2) is 4.79 Å². The Balaban J connectivity index is 1.42. The van der Waals surface area contributed by atoms with E-state index in [1.54, 1.807) is 0 Å². The molecule has 0 aliphatic heterocycles. The maximum Gasteiger partial charge on any atom is 0.407 e. The molecule has 2 aromatic carbocycles. The van der Waals surface area contributed by atoms with Crippen molar-refractivity contribution in [2.75, 3.05) is 13.2 Å². The summed E-state index contributed by atoms with van der Waals surface area (Å²) in [5.41, 5.74) is 4.89. The van der Waals surface area contributed by atoms with Crippen LogP contribution in [0.3, 0.4) is 0 Å². The van der Waals surface area contributed by atoms with Crippen molar-refractivity contribution < 1.29 is 14.6 Å². The standard InChI is InChI=1S/C25H31NO3/c1-16-23(13-12-17(14-27)25(16,2)3)26-24(28)29-15-22-20-10-6-4-8-18(20)19-9-5-7-11-21(19)22/h4-11,16-17,22-23,27H,12-15H2,1-3H3,(H,26,28). The summed E-state index contributed by atoms with van der Waals surface area (Å²) in [7, 11) is 0. The lowest BCUT2D eigenvalue weighted by atomic mass is 9.61. The third kappa shape index (κ3) is 3.55. The number of ether oxygens (including phenoxy) is 1. The van der Waals surface area contributed by atoms with Crippen molar-refractivity contribution in [3.05, 3.63) is 59.7 Å². The lowest BCUT2D eigenvalue weighted by Crippen LogP contribution is -2.51. The first kappa shape index (κ1) is 20.0. The number of aliphatic hydroxyl groups is 1. The fourth-order valence-electron chi connectivity index (χ4n) is 5.21. The minimum Gasteiger partial charge on any atom is -0.449 e. The Bertz CT molecular complexity index is 846. The quantitative estimate of drug-likeness (QED) is 0.772. The van der Waals surface area contributed by atoms with Crippen molar-refractivity contribution in [3.63, 3.8) is 0 Å². The molecule has 1 fully saturated rings. The number of carbonyl (C=O) groups is 1. The number of hydrogen-bond donors (Lipinski definition) is 2. The van der Waals surface area contributed by atoms with E-state index in [9.17, 15) is 9.90 Å². The SMILES string of the molecule is CC1C(NC(=O)OCC2c3ccccc3-c3ccccc32)CCC(CO)C1(C)C. The maximum atomic E-state index is 12.6. The van der Waals surface area contributed by atoms with Crippen molar-refractivity contribution in [1.82, 2.24) is 5.32 Å². The van der Waals surface area contributed by atoms with Crippen molar-refractivity contribution >= 4 is 6.09 Å². The highest BCUT2D eigenvalue weighted by Gasteiger charge is 2.43. The van der Waals surface area contributed by atoms with Crippen LogP contribution in [0.2, 0.25) is 0 Å². The van der Waals surface area contributed by atoms with Crippen LogP contribution in [0.4, 0.5) is 4.79 Å². The van der Waals surface area contributed by atoms with Crippen LogP contribution in [-0.4, -0.2) is 30.5 Å². The van der Waals surface area contributed by atoms with Crippen LogP contribution >= 0.6 is 0 Å². The number of alkyl carbamates (subject to hydrolysis) is 1. The zero-order chi connectivity index (χ0) is 20.6. The van der Waals surface area contributed by atoms with E-state index in [0.29, 0.717) is 6.61 Å². The molecule has 4 heteroatoms. The minimum atomic E-state index is -0.345. The van der Waals surface area contributed by atoms with Crippen LogP contribution in [0.1, 0.15) is 50.7 Å². The molecule has 0 heterocycles. The monoisotopic (exact) mass is 393 g/mol. The average Bonchev–Trinajstić information content (AvgIpc) is 3.04. The van der Waals surface area contributed by atoms with Gasteiger partial charge in [-0.1, -0.05) is 69.3 Å². The molecule has 1 amide bonds. The summed E-state index contributed by atoms with van der Waals surface area (Å²) < 4.78 is 5.71. The van der Waals surface area contributed by atoms with Crippen molar-refractivity contribution in [1.29, 1.82) is 0 Å². The zero-order valence-electron chi connectivity index (χ0n) is 17.5. The van der Waals surface area contributed by atoms with Gasteiger partial charge in [-0.05, 0) is 52.3 Å². The third-order valence-corrected chi connectivity index (χ3v) is 7.52. The van der Waals surface area contributed by atoms with E-state index in [-0.39, 0.29) is 41.9 Å². The summed E-state index contributed by atoms with van der Waals surface area (Å²) >= 11 is 0. The predicted octanol–water partition coefficient (Wildman–Crippen LogP) is 4.96. The fraction of sp³-hybridized carbons (Fsp3) is 0.480. The van der Waals surface area contributed by atoms with E-state index in [0.717, 1.165) is 12.8 Å². The highest BCUT2D eigenvalue weighted by molar-refractivity contribution is 5.79. The second-order valence-electron chi connectivity index (χ2n) is 9.14. The first-order valence-corrected chi connectivity index (χ1v) is 10.7. The first-order chi connectivity index (χ1) is 13.9. The van der Waals surface area contributed by atoms with Crippen LogP contribution in [0, 0.1) is 17.3 Å². The summed E-state index contributed by atoms with van der Waals surface area (Å²) in [5, 5.41) is 12.8. The topological polar surface area (TPSA) is 58.6 Å². The van der Waals surface area contributed by atoms with Gasteiger partial charge >= 0.3 is 6.09 Å². The van der Waals surface area contributed by atoms with Gasteiger partial charge in [0.25, 0.3) is 0 Å². The van der Waals surface area contributed by atoms with Crippen LogP contribution in [0.5, 0.6) is 0 Å². The molecule has 3 atom stereocenters. The molecule has 4 nitrogen and oxygen atoms in total. The molecule has 2 aliphatic rings. The summed E-state index contributed by atoms with van der Waals surface area (Å²) in [5.74, 6) is 0.624. The molecule has 2 aromatic rings. The Morgan fingerprint density at radius 3 is 2.24 bits per heavy atom. The summed E-state index contributed by atoms with van der Waals surface area (Å²) in [6.45, 7) is 7.07. The van der Waals surface area contributed by atoms with Gasteiger partial charge in [0.2, 0.25) is 0 Å². The number of hydrogen-bond acceptors (Lipinski definition) is 3. The van der Waals surface area contributed by atoms with Gasteiger partial charge in [-0.15, -0.1) is 0 Å². The second-order valence-corrected chi connectivity index (χ2v) is 9.14. The van der Waals surface area contributed by atoms with E-state index in [1.165, 1.54) is 22.3 Å². The Hall–Kier alpha value is -2.33. The van der Waals surface area contributed by atoms with Crippen molar-refractivity contribution in [2.45, 2.75) is 45.6 Å². The average molecular weight is 394 g/mol. The molecule has 29 heavy (non-hydrogen) atoms. The number of benzene rings is 2. The second kappa shape index (κ2) is 7.83. The van der Waals surface area contributed by atoms with E-state index >= 15 is 0 Å². The van der Waals surface area contributed by atoms with E-state index in [4.69, 9.17) is 4.74 Å². The number of rotatable bonds is 4. The number of aliphatic hydroxyl groups excluding tert-OH is 1. The van der Waals surface area contributed by atoms with E-state index in [1.807, 2.05) is 12.1 Å². The molecule has 0 saturated heterocycles. The molecular weight excluding hydrogens is 362 g/mol. The van der Waals surface area contributed by atoms with Crippen LogP contribution in [0.25, 0.3) is 11.1 Å². The van der Waals surface area contributed by atoms with Gasteiger partial charge < -0.3 is 15.2 Å². The molecular formula is C25H31NO3. The number of carbonyl (C=O) groups excluding carboxylic acids is 1. The smallest absolute Gasteiger partial charge is 0.407 e. The van der Waals surface area contributed by atoms with Crippen LogP contribution in [0.15, 0.2) is 48.5 Å². The summed E-state index contributed by atoms with van der Waals surface area (Å²) in [6, 6.07) is 16.8. The molecule has 4 rings (SSSR count).